The Morgan fingerprint density at radius 2 is 1.40 bits per heavy atom. The fourth-order valence-corrected chi connectivity index (χ4v) is 6.69. The fraction of sp³-hybridized carbons (Fsp3) is 0.188. The van der Waals surface area contributed by atoms with Gasteiger partial charge in [-0.3, -0.25) is 13.9 Å². The molecule has 0 aliphatic heterocycles. The van der Waals surface area contributed by atoms with Crippen LogP contribution in [-0.4, -0.2) is 44.3 Å². The number of hydrogen-bond donors (Lipinski definition) is 1. The molecule has 0 spiro atoms. The van der Waals surface area contributed by atoms with Gasteiger partial charge >= 0.3 is 0 Å². The van der Waals surface area contributed by atoms with Crippen molar-refractivity contribution in [2.75, 3.05) is 17.4 Å². The molecule has 0 bridgehead atoms. The Morgan fingerprint density at radius 3 is 2.00 bits per heavy atom. The smallest absolute Gasteiger partial charge is 0.264 e. The molecule has 7 nitrogen and oxygen atoms in total. The average molecular weight is 659 g/mol. The lowest BCUT2D eigenvalue weighted by atomic mass is 10.0. The summed E-state index contributed by atoms with van der Waals surface area (Å²) in [5.74, 6) is -0.969. The molecule has 0 saturated carbocycles. The topological polar surface area (TPSA) is 86.8 Å². The van der Waals surface area contributed by atoms with Crippen LogP contribution in [0.15, 0.2) is 108 Å². The summed E-state index contributed by atoms with van der Waals surface area (Å²) < 4.78 is 28.9. The van der Waals surface area contributed by atoms with Crippen LogP contribution < -0.4 is 9.62 Å². The van der Waals surface area contributed by atoms with Crippen molar-refractivity contribution < 1.29 is 18.0 Å². The van der Waals surface area contributed by atoms with Crippen molar-refractivity contribution >= 4 is 62.3 Å². The third kappa shape index (κ3) is 8.30. The van der Waals surface area contributed by atoms with Crippen molar-refractivity contribution in [3.63, 3.8) is 0 Å². The molecule has 0 saturated heterocycles. The zero-order valence-electron chi connectivity index (χ0n) is 23.3. The summed E-state index contributed by atoms with van der Waals surface area (Å²) in [5, 5.41) is 3.70. The molecule has 0 fully saturated rings. The molecule has 4 aromatic carbocycles. The van der Waals surface area contributed by atoms with E-state index in [1.165, 1.54) is 35.2 Å². The number of hydrogen-bond acceptors (Lipinski definition) is 4. The zero-order chi connectivity index (χ0) is 31.0. The normalized spacial score (nSPS) is 11.9. The van der Waals surface area contributed by atoms with E-state index in [4.69, 9.17) is 34.8 Å². The molecule has 4 rings (SSSR count). The molecular formula is C32H30Cl3N3O4S. The lowest BCUT2D eigenvalue weighted by Gasteiger charge is -2.34. The van der Waals surface area contributed by atoms with Crippen molar-refractivity contribution in [2.45, 2.75) is 30.8 Å². The van der Waals surface area contributed by atoms with E-state index in [0.29, 0.717) is 22.2 Å². The Hall–Kier alpha value is -3.56. The second-order valence-electron chi connectivity index (χ2n) is 9.67. The molecule has 1 atom stereocenters. The van der Waals surface area contributed by atoms with Gasteiger partial charge in [-0.2, -0.15) is 0 Å². The van der Waals surface area contributed by atoms with Crippen LogP contribution in [0.2, 0.25) is 15.1 Å². The largest absolute Gasteiger partial charge is 0.355 e. The minimum atomic E-state index is -4.27. The van der Waals surface area contributed by atoms with Crippen LogP contribution >= 0.6 is 34.8 Å². The minimum Gasteiger partial charge on any atom is -0.355 e. The van der Waals surface area contributed by atoms with Crippen LogP contribution in [0.3, 0.4) is 0 Å². The molecule has 1 N–H and O–H groups in total. The molecule has 0 heterocycles. The first-order valence-electron chi connectivity index (χ1n) is 13.5. The van der Waals surface area contributed by atoms with Gasteiger partial charge < -0.3 is 10.2 Å². The quantitative estimate of drug-likeness (QED) is 0.185. The first-order chi connectivity index (χ1) is 20.6. The van der Waals surface area contributed by atoms with Gasteiger partial charge in [-0.1, -0.05) is 95.5 Å². The summed E-state index contributed by atoms with van der Waals surface area (Å²) >= 11 is 18.7. The maximum Gasteiger partial charge on any atom is 0.264 e. The fourth-order valence-electron chi connectivity index (χ4n) is 4.55. The van der Waals surface area contributed by atoms with Gasteiger partial charge in [0.1, 0.15) is 12.6 Å². The molecule has 4 aromatic rings. The second-order valence-corrected chi connectivity index (χ2v) is 12.8. The Morgan fingerprint density at radius 1 is 0.791 bits per heavy atom. The molecule has 0 aliphatic carbocycles. The van der Waals surface area contributed by atoms with Gasteiger partial charge in [0.05, 0.1) is 15.6 Å². The van der Waals surface area contributed by atoms with Crippen LogP contribution in [-0.2, 0) is 32.6 Å². The summed E-state index contributed by atoms with van der Waals surface area (Å²) in [6.07, 6.45) is 0.207. The number of nitrogens with one attached hydrogen (secondary N) is 1. The number of benzene rings is 4. The van der Waals surface area contributed by atoms with Gasteiger partial charge in [-0.25, -0.2) is 8.42 Å². The maximum atomic E-state index is 14.3. The lowest BCUT2D eigenvalue weighted by molar-refractivity contribution is -0.140. The van der Waals surface area contributed by atoms with Crippen LogP contribution in [0.5, 0.6) is 0 Å². The highest BCUT2D eigenvalue weighted by atomic mass is 35.5. The van der Waals surface area contributed by atoms with Gasteiger partial charge in [0, 0.05) is 29.6 Å². The zero-order valence-corrected chi connectivity index (χ0v) is 26.4. The number of carbonyl (C=O) groups excluding carboxylic acids is 2. The highest BCUT2D eigenvalue weighted by Gasteiger charge is 2.35. The van der Waals surface area contributed by atoms with Crippen LogP contribution in [0.25, 0.3) is 0 Å². The predicted octanol–water partition coefficient (Wildman–Crippen LogP) is 6.62. The summed E-state index contributed by atoms with van der Waals surface area (Å²) in [4.78, 5) is 29.2. The number of sulfonamides is 1. The number of rotatable bonds is 12. The van der Waals surface area contributed by atoms with Crippen LogP contribution in [0, 0.1) is 0 Å². The van der Waals surface area contributed by atoms with Crippen LogP contribution in [0.1, 0.15) is 18.1 Å². The van der Waals surface area contributed by atoms with Gasteiger partial charge in [0.15, 0.2) is 0 Å². The molecule has 43 heavy (non-hydrogen) atoms. The maximum absolute atomic E-state index is 14.3. The molecule has 0 aromatic heterocycles. The van der Waals surface area contributed by atoms with Crippen LogP contribution in [0.4, 0.5) is 5.69 Å². The van der Waals surface area contributed by atoms with E-state index in [0.717, 1.165) is 9.87 Å². The second kappa shape index (κ2) is 14.8. The van der Waals surface area contributed by atoms with Gasteiger partial charge in [-0.05, 0) is 60.5 Å². The molecule has 0 radical (unpaired) electrons. The standard InChI is InChI=1S/C32H30Cl3N3O4S/c1-2-36-32(40)30(19-23-9-5-3-6-10-23)37(21-24-13-15-25(33)16-14-24)31(39)22-38(29-18-17-26(34)20-28(29)35)43(41,42)27-11-7-4-8-12-27/h3-18,20,30H,2,19,21-22H2,1H3,(H,36,40)/t30-/m0/s1. The van der Waals surface area contributed by atoms with E-state index in [9.17, 15) is 18.0 Å². The molecule has 0 unspecified atom stereocenters. The molecule has 0 aliphatic rings. The predicted molar refractivity (Wildman–Crippen MR) is 172 cm³/mol. The minimum absolute atomic E-state index is 0.0253. The number of nitrogens with zero attached hydrogens (tertiary/aromatic N) is 2. The van der Waals surface area contributed by atoms with Crippen molar-refractivity contribution in [1.82, 2.24) is 10.2 Å². The van der Waals surface area contributed by atoms with E-state index in [1.54, 1.807) is 49.4 Å². The molecular weight excluding hydrogens is 629 g/mol. The summed E-state index contributed by atoms with van der Waals surface area (Å²) in [7, 11) is -4.27. The van der Waals surface area contributed by atoms with Gasteiger partial charge in [0.2, 0.25) is 11.8 Å². The SMILES string of the molecule is CCNC(=O)[C@H](Cc1ccccc1)N(Cc1ccc(Cl)cc1)C(=O)CN(c1ccc(Cl)cc1Cl)S(=O)(=O)c1ccccc1. The number of likely N-dealkylation sites (N-methyl/N-ethyl adjacent to an activating group) is 1. The molecule has 2 amide bonds. The van der Waals surface area contributed by atoms with Crippen molar-refractivity contribution in [3.8, 4) is 0 Å². The highest BCUT2D eigenvalue weighted by Crippen LogP contribution is 2.33. The number of halogens is 3. The lowest BCUT2D eigenvalue weighted by Crippen LogP contribution is -2.53. The first kappa shape index (κ1) is 32.4. The van der Waals surface area contributed by atoms with Gasteiger partial charge in [0.25, 0.3) is 10.0 Å². The summed E-state index contributed by atoms with van der Waals surface area (Å²) in [6, 6.07) is 27.4. The Balaban J connectivity index is 1.81. The van der Waals surface area contributed by atoms with E-state index in [2.05, 4.69) is 5.32 Å². The Kier molecular flexibility index (Phi) is 11.1. The van der Waals surface area contributed by atoms with Crippen molar-refractivity contribution in [2.24, 2.45) is 0 Å². The Labute approximate surface area is 267 Å². The monoisotopic (exact) mass is 657 g/mol. The average Bonchev–Trinajstić information content (AvgIpc) is 3.00. The van der Waals surface area contributed by atoms with E-state index < -0.39 is 28.5 Å². The first-order valence-corrected chi connectivity index (χ1v) is 16.1. The highest BCUT2D eigenvalue weighted by molar-refractivity contribution is 7.92. The number of anilines is 1. The van der Waals surface area contributed by atoms with Gasteiger partial charge in [-0.15, -0.1) is 0 Å². The summed E-state index contributed by atoms with van der Waals surface area (Å²) in [5.41, 5.74) is 1.62. The van der Waals surface area contributed by atoms with Crippen molar-refractivity contribution in [3.05, 3.63) is 129 Å². The third-order valence-electron chi connectivity index (χ3n) is 6.68. The third-order valence-corrected chi connectivity index (χ3v) is 9.24. The Bertz CT molecular complexity index is 1650. The molecule has 11 heteroatoms. The van der Waals surface area contributed by atoms with E-state index >= 15 is 0 Å². The van der Waals surface area contributed by atoms with E-state index in [-0.39, 0.29) is 34.5 Å². The van der Waals surface area contributed by atoms with E-state index in [1.807, 2.05) is 30.3 Å². The van der Waals surface area contributed by atoms with Crippen molar-refractivity contribution in [1.29, 1.82) is 0 Å². The summed E-state index contributed by atoms with van der Waals surface area (Å²) in [6.45, 7) is 1.54. The number of carbonyl (C=O) groups is 2. The molecule has 224 valence electrons. The number of amides is 2.